The van der Waals surface area contributed by atoms with Crippen LogP contribution < -0.4 is 0 Å². The third-order valence-corrected chi connectivity index (χ3v) is 2.78. The van der Waals surface area contributed by atoms with Crippen LogP contribution in [-0.2, 0) is 4.79 Å². The average Bonchev–Trinajstić information content (AvgIpc) is 1.94. The van der Waals surface area contributed by atoms with Crippen molar-refractivity contribution in [1.82, 2.24) is 0 Å². The lowest BCUT2D eigenvalue weighted by Gasteiger charge is -2.29. The molecule has 64 valence electrons. The van der Waals surface area contributed by atoms with E-state index in [-0.39, 0.29) is 5.92 Å². The van der Waals surface area contributed by atoms with Gasteiger partial charge in [0.2, 0.25) is 0 Å². The Labute approximate surface area is 67.6 Å². The summed E-state index contributed by atoms with van der Waals surface area (Å²) >= 11 is 0. The predicted molar refractivity (Wildman–Crippen MR) is 43.3 cm³/mol. The molecule has 0 saturated heterocycles. The summed E-state index contributed by atoms with van der Waals surface area (Å²) in [7, 11) is 0. The fourth-order valence-corrected chi connectivity index (χ4v) is 1.88. The van der Waals surface area contributed by atoms with Crippen LogP contribution >= 0.6 is 0 Å². The molecule has 1 aliphatic carbocycles. The Hall–Kier alpha value is -0.530. The number of aliphatic carboxylic acids is 1. The summed E-state index contributed by atoms with van der Waals surface area (Å²) in [6.07, 6.45) is 3.15. The molecular formula is C9H16O2. The van der Waals surface area contributed by atoms with Crippen LogP contribution in [0.3, 0.4) is 0 Å². The van der Waals surface area contributed by atoms with Crippen LogP contribution in [0.2, 0.25) is 0 Å². The van der Waals surface area contributed by atoms with Gasteiger partial charge in [0.25, 0.3) is 0 Å². The topological polar surface area (TPSA) is 37.3 Å². The molecule has 0 radical (unpaired) electrons. The van der Waals surface area contributed by atoms with Gasteiger partial charge in [0.1, 0.15) is 0 Å². The second-order valence-electron chi connectivity index (χ2n) is 3.84. The van der Waals surface area contributed by atoms with Gasteiger partial charge in [-0.15, -0.1) is 0 Å². The van der Waals surface area contributed by atoms with E-state index in [0.717, 1.165) is 12.8 Å². The number of hydrogen-bond acceptors (Lipinski definition) is 1. The Morgan fingerprint density at radius 2 is 2.00 bits per heavy atom. The normalized spacial score (nSPS) is 38.5. The third-order valence-electron chi connectivity index (χ3n) is 2.78. The van der Waals surface area contributed by atoms with E-state index in [0.29, 0.717) is 11.8 Å². The molecule has 1 fully saturated rings. The van der Waals surface area contributed by atoms with Crippen molar-refractivity contribution in [2.75, 3.05) is 0 Å². The van der Waals surface area contributed by atoms with Crippen molar-refractivity contribution < 1.29 is 9.90 Å². The molecule has 1 N–H and O–H groups in total. The first-order valence-electron chi connectivity index (χ1n) is 4.34. The van der Waals surface area contributed by atoms with Crippen molar-refractivity contribution in [3.8, 4) is 0 Å². The molecule has 0 unspecified atom stereocenters. The van der Waals surface area contributed by atoms with Crippen LogP contribution in [0.4, 0.5) is 0 Å². The number of rotatable bonds is 1. The lowest BCUT2D eigenvalue weighted by Crippen LogP contribution is -2.28. The first-order valence-corrected chi connectivity index (χ1v) is 4.34. The molecule has 0 bridgehead atoms. The molecule has 1 aliphatic rings. The predicted octanol–water partition coefficient (Wildman–Crippen LogP) is 2.14. The Bertz CT molecular complexity index is 154. The van der Waals surface area contributed by atoms with Gasteiger partial charge < -0.3 is 5.11 Å². The molecule has 1 saturated carbocycles. The molecule has 0 heterocycles. The van der Waals surface area contributed by atoms with E-state index in [1.54, 1.807) is 0 Å². The van der Waals surface area contributed by atoms with Crippen molar-refractivity contribution in [3.05, 3.63) is 0 Å². The Morgan fingerprint density at radius 1 is 1.36 bits per heavy atom. The highest BCUT2D eigenvalue weighted by Crippen LogP contribution is 2.33. The number of carboxylic acids is 1. The Balaban J connectivity index is 2.54. The van der Waals surface area contributed by atoms with Gasteiger partial charge in [0, 0.05) is 0 Å². The molecule has 2 heteroatoms. The Morgan fingerprint density at radius 3 is 2.45 bits per heavy atom. The van der Waals surface area contributed by atoms with Gasteiger partial charge >= 0.3 is 5.97 Å². The van der Waals surface area contributed by atoms with Gasteiger partial charge in [-0.3, -0.25) is 4.79 Å². The van der Waals surface area contributed by atoms with Gasteiger partial charge in [0.05, 0.1) is 5.92 Å². The monoisotopic (exact) mass is 156 g/mol. The van der Waals surface area contributed by atoms with Crippen LogP contribution in [0, 0.1) is 17.8 Å². The summed E-state index contributed by atoms with van der Waals surface area (Å²) in [6, 6.07) is 0. The molecule has 0 aliphatic heterocycles. The van der Waals surface area contributed by atoms with Crippen LogP contribution in [0.25, 0.3) is 0 Å². The third kappa shape index (κ3) is 1.95. The van der Waals surface area contributed by atoms with E-state index in [1.165, 1.54) is 6.42 Å². The van der Waals surface area contributed by atoms with Crippen LogP contribution in [0.15, 0.2) is 0 Å². The maximum Gasteiger partial charge on any atom is 0.306 e. The van der Waals surface area contributed by atoms with Crippen molar-refractivity contribution in [2.24, 2.45) is 17.8 Å². The summed E-state index contributed by atoms with van der Waals surface area (Å²) in [5, 5.41) is 8.83. The summed E-state index contributed by atoms with van der Waals surface area (Å²) in [5.41, 5.74) is 0. The molecule has 1 rings (SSSR count). The minimum atomic E-state index is -0.607. The summed E-state index contributed by atoms with van der Waals surface area (Å²) in [5.74, 6) is 0.291. The van der Waals surface area contributed by atoms with Gasteiger partial charge in [-0.2, -0.15) is 0 Å². The maximum absolute atomic E-state index is 10.7. The summed E-state index contributed by atoms with van der Waals surface area (Å²) in [4.78, 5) is 10.7. The minimum Gasteiger partial charge on any atom is -0.481 e. The van der Waals surface area contributed by atoms with E-state index in [9.17, 15) is 4.79 Å². The lowest BCUT2D eigenvalue weighted by atomic mass is 9.76. The van der Waals surface area contributed by atoms with Crippen LogP contribution in [0.5, 0.6) is 0 Å². The van der Waals surface area contributed by atoms with Gasteiger partial charge in [-0.1, -0.05) is 20.3 Å². The van der Waals surface area contributed by atoms with Crippen molar-refractivity contribution in [1.29, 1.82) is 0 Å². The molecule has 0 aromatic heterocycles. The molecule has 11 heavy (non-hydrogen) atoms. The summed E-state index contributed by atoms with van der Waals surface area (Å²) < 4.78 is 0. The zero-order valence-electron chi connectivity index (χ0n) is 7.21. The average molecular weight is 156 g/mol. The molecular weight excluding hydrogens is 140 g/mol. The summed E-state index contributed by atoms with van der Waals surface area (Å²) in [6.45, 7) is 4.19. The SMILES string of the molecule is C[C@H]1CC[C@@H](C)[C@@H](C(=O)O)C1. The number of hydrogen-bond donors (Lipinski definition) is 1. The fourth-order valence-electron chi connectivity index (χ4n) is 1.88. The van der Waals surface area contributed by atoms with Crippen molar-refractivity contribution >= 4 is 5.97 Å². The molecule has 0 spiro atoms. The fraction of sp³-hybridized carbons (Fsp3) is 0.889. The van der Waals surface area contributed by atoms with Crippen molar-refractivity contribution in [3.63, 3.8) is 0 Å². The maximum atomic E-state index is 10.7. The molecule has 0 aromatic carbocycles. The second-order valence-corrected chi connectivity index (χ2v) is 3.84. The quantitative estimate of drug-likeness (QED) is 0.631. The molecule has 0 aromatic rings. The van der Waals surface area contributed by atoms with E-state index in [1.807, 2.05) is 6.92 Å². The zero-order chi connectivity index (χ0) is 8.43. The van der Waals surface area contributed by atoms with E-state index >= 15 is 0 Å². The molecule has 3 atom stereocenters. The van der Waals surface area contributed by atoms with Crippen molar-refractivity contribution in [2.45, 2.75) is 33.1 Å². The number of carbonyl (C=O) groups is 1. The van der Waals surface area contributed by atoms with Crippen LogP contribution in [0.1, 0.15) is 33.1 Å². The largest absolute Gasteiger partial charge is 0.481 e. The molecule has 0 amide bonds. The molecule has 2 nitrogen and oxygen atoms in total. The van der Waals surface area contributed by atoms with E-state index in [2.05, 4.69) is 6.92 Å². The minimum absolute atomic E-state index is 0.0845. The van der Waals surface area contributed by atoms with E-state index < -0.39 is 5.97 Å². The van der Waals surface area contributed by atoms with Gasteiger partial charge in [-0.25, -0.2) is 0 Å². The highest BCUT2D eigenvalue weighted by molar-refractivity contribution is 5.70. The van der Waals surface area contributed by atoms with Gasteiger partial charge in [0.15, 0.2) is 0 Å². The first-order chi connectivity index (χ1) is 5.11. The standard InChI is InChI=1S/C9H16O2/c1-6-3-4-7(2)8(5-6)9(10)11/h6-8H,3-5H2,1-2H3,(H,10,11)/t6-,7+,8-/m0/s1. The van der Waals surface area contributed by atoms with Gasteiger partial charge in [-0.05, 0) is 24.7 Å². The highest BCUT2D eigenvalue weighted by Gasteiger charge is 2.30. The Kier molecular flexibility index (Phi) is 2.53. The van der Waals surface area contributed by atoms with Crippen LogP contribution in [-0.4, -0.2) is 11.1 Å². The number of carboxylic acid groups (broad SMARTS) is 1. The highest BCUT2D eigenvalue weighted by atomic mass is 16.4. The van der Waals surface area contributed by atoms with E-state index in [4.69, 9.17) is 5.11 Å². The smallest absolute Gasteiger partial charge is 0.306 e. The first kappa shape index (κ1) is 8.57. The second kappa shape index (κ2) is 3.24. The lowest BCUT2D eigenvalue weighted by molar-refractivity contribution is -0.145. The zero-order valence-corrected chi connectivity index (χ0v) is 7.21.